The molecule has 2 N–H and O–H groups in total. The van der Waals surface area contributed by atoms with Gasteiger partial charge in [-0.05, 0) is 24.6 Å². The Labute approximate surface area is 195 Å². The molecule has 34 heavy (non-hydrogen) atoms. The third-order valence-electron chi connectivity index (χ3n) is 6.44. The number of amides is 1. The smallest absolute Gasteiger partial charge is 0.340 e. The SMILES string of the molecule is COC(=O)C1=C(N)Oc2cc(C)n(Cc3cccnc3)c(=O)c2[C@@]12C(=O)N(C)c1ccccc12. The van der Waals surface area contributed by atoms with E-state index in [1.54, 1.807) is 62.8 Å². The number of methoxy groups -OCH3 is 1. The minimum absolute atomic E-state index is 0.0263. The lowest BCUT2D eigenvalue weighted by atomic mass is 9.68. The molecule has 0 saturated heterocycles. The van der Waals surface area contributed by atoms with Crippen molar-refractivity contribution in [3.63, 3.8) is 0 Å². The molecule has 9 nitrogen and oxygen atoms in total. The summed E-state index contributed by atoms with van der Waals surface area (Å²) < 4.78 is 12.3. The summed E-state index contributed by atoms with van der Waals surface area (Å²) in [5.41, 5.74) is 6.19. The number of hydrogen-bond acceptors (Lipinski definition) is 7. The fraction of sp³-hybridized carbons (Fsp3) is 0.200. The van der Waals surface area contributed by atoms with Crippen molar-refractivity contribution in [2.45, 2.75) is 18.9 Å². The number of benzene rings is 1. The van der Waals surface area contributed by atoms with Crippen molar-refractivity contribution < 1.29 is 19.1 Å². The van der Waals surface area contributed by atoms with E-state index < -0.39 is 22.9 Å². The van der Waals surface area contributed by atoms with Gasteiger partial charge in [-0.2, -0.15) is 0 Å². The second kappa shape index (κ2) is 7.58. The maximum Gasteiger partial charge on any atom is 0.340 e. The Morgan fingerprint density at radius 3 is 2.68 bits per heavy atom. The second-order valence-corrected chi connectivity index (χ2v) is 8.24. The molecule has 0 saturated carbocycles. The molecular weight excluding hydrogens is 436 g/mol. The molecule has 2 aliphatic rings. The van der Waals surface area contributed by atoms with E-state index in [9.17, 15) is 14.4 Å². The molecule has 1 atom stereocenters. The van der Waals surface area contributed by atoms with E-state index in [-0.39, 0.29) is 29.3 Å². The van der Waals surface area contributed by atoms with E-state index in [4.69, 9.17) is 15.2 Å². The molecule has 9 heteroatoms. The van der Waals surface area contributed by atoms with Crippen molar-refractivity contribution in [1.29, 1.82) is 0 Å². The first-order chi connectivity index (χ1) is 16.3. The van der Waals surface area contributed by atoms with Crippen LogP contribution in [0, 0.1) is 6.92 Å². The van der Waals surface area contributed by atoms with Gasteiger partial charge in [-0.1, -0.05) is 24.3 Å². The van der Waals surface area contributed by atoms with E-state index in [1.807, 2.05) is 6.07 Å². The van der Waals surface area contributed by atoms with Gasteiger partial charge in [-0.3, -0.25) is 14.6 Å². The van der Waals surface area contributed by atoms with E-state index in [2.05, 4.69) is 4.98 Å². The topological polar surface area (TPSA) is 117 Å². The maximum absolute atomic E-state index is 14.1. The Kier molecular flexibility index (Phi) is 4.78. The molecule has 1 aromatic carbocycles. The summed E-state index contributed by atoms with van der Waals surface area (Å²) in [7, 11) is 2.79. The number of aromatic nitrogens is 2. The highest BCUT2D eigenvalue weighted by Crippen LogP contribution is 2.54. The minimum Gasteiger partial charge on any atom is -0.465 e. The molecule has 0 unspecified atom stereocenters. The summed E-state index contributed by atoms with van der Waals surface area (Å²) >= 11 is 0. The van der Waals surface area contributed by atoms with Gasteiger partial charge in [0.25, 0.3) is 5.56 Å². The number of hydrogen-bond donors (Lipinski definition) is 1. The number of aryl methyl sites for hydroxylation is 1. The summed E-state index contributed by atoms with van der Waals surface area (Å²) in [6, 6.07) is 12.3. The minimum atomic E-state index is -1.81. The average Bonchev–Trinajstić information content (AvgIpc) is 3.04. The van der Waals surface area contributed by atoms with Crippen LogP contribution >= 0.6 is 0 Å². The zero-order chi connectivity index (χ0) is 24.2. The zero-order valence-electron chi connectivity index (χ0n) is 18.9. The number of esters is 1. The number of pyridine rings is 2. The molecule has 2 aliphatic heterocycles. The van der Waals surface area contributed by atoms with Crippen LogP contribution in [0.25, 0.3) is 0 Å². The van der Waals surface area contributed by atoms with Crippen LogP contribution in [0.2, 0.25) is 0 Å². The monoisotopic (exact) mass is 458 g/mol. The molecule has 1 amide bonds. The van der Waals surface area contributed by atoms with E-state index in [0.29, 0.717) is 16.9 Å². The number of anilines is 1. The van der Waals surface area contributed by atoms with Crippen molar-refractivity contribution in [2.75, 3.05) is 19.1 Å². The van der Waals surface area contributed by atoms with Crippen LogP contribution in [0.5, 0.6) is 5.75 Å². The van der Waals surface area contributed by atoms with Crippen LogP contribution < -0.4 is 20.9 Å². The average molecular weight is 458 g/mol. The highest BCUT2D eigenvalue weighted by Gasteiger charge is 2.61. The van der Waals surface area contributed by atoms with Crippen molar-refractivity contribution in [3.8, 4) is 5.75 Å². The van der Waals surface area contributed by atoms with Crippen LogP contribution in [-0.2, 0) is 26.3 Å². The van der Waals surface area contributed by atoms with Crippen molar-refractivity contribution >= 4 is 17.6 Å². The number of para-hydroxylation sites is 1. The zero-order valence-corrected chi connectivity index (χ0v) is 18.9. The van der Waals surface area contributed by atoms with Gasteiger partial charge in [0.15, 0.2) is 0 Å². The Morgan fingerprint density at radius 1 is 1.21 bits per heavy atom. The molecular formula is C25H22N4O5. The summed E-state index contributed by atoms with van der Waals surface area (Å²) in [6.07, 6.45) is 3.31. The number of rotatable bonds is 3. The first kappa shape index (κ1) is 21.4. The van der Waals surface area contributed by atoms with Gasteiger partial charge in [-0.15, -0.1) is 0 Å². The molecule has 0 fully saturated rings. The molecule has 5 rings (SSSR count). The normalized spacial score (nSPS) is 18.6. The molecule has 4 heterocycles. The standard InChI is InChI=1S/C25H22N4O5/c1-14-11-18-19(22(30)29(14)13-15-7-6-10-27-12-15)25(20(21(26)34-18)23(31)33-3)16-8-4-5-9-17(16)28(2)24(25)32/h4-12H,13,26H2,1-3H3/t25-/m1/s1. The lowest BCUT2D eigenvalue weighted by Gasteiger charge is -2.35. The van der Waals surface area contributed by atoms with Crippen LogP contribution in [0.15, 0.2) is 71.1 Å². The maximum atomic E-state index is 14.1. The third-order valence-corrected chi connectivity index (χ3v) is 6.44. The van der Waals surface area contributed by atoms with Crippen LogP contribution in [0.1, 0.15) is 22.4 Å². The summed E-state index contributed by atoms with van der Waals surface area (Å²) in [6.45, 7) is 1.99. The second-order valence-electron chi connectivity index (χ2n) is 8.24. The van der Waals surface area contributed by atoms with E-state index in [0.717, 1.165) is 5.56 Å². The molecule has 1 spiro atoms. The molecule has 2 aromatic heterocycles. The van der Waals surface area contributed by atoms with Crippen LogP contribution in [0.3, 0.4) is 0 Å². The Hall–Kier alpha value is -4.40. The Balaban J connectivity index is 1.88. The first-order valence-electron chi connectivity index (χ1n) is 10.6. The van der Waals surface area contributed by atoms with Gasteiger partial charge in [0.05, 0.1) is 19.2 Å². The Morgan fingerprint density at radius 2 is 1.97 bits per heavy atom. The van der Waals surface area contributed by atoms with Gasteiger partial charge in [0.2, 0.25) is 11.8 Å². The van der Waals surface area contributed by atoms with Crippen molar-refractivity contribution in [3.05, 3.63) is 99.1 Å². The van der Waals surface area contributed by atoms with Crippen LogP contribution in [0.4, 0.5) is 5.69 Å². The van der Waals surface area contributed by atoms with Crippen molar-refractivity contribution in [1.82, 2.24) is 9.55 Å². The van der Waals surface area contributed by atoms with Gasteiger partial charge in [-0.25, -0.2) is 4.79 Å². The largest absolute Gasteiger partial charge is 0.465 e. The van der Waals surface area contributed by atoms with Crippen LogP contribution in [-0.4, -0.2) is 35.6 Å². The lowest BCUT2D eigenvalue weighted by Crippen LogP contribution is -2.51. The molecule has 0 radical (unpaired) electrons. The summed E-state index contributed by atoms with van der Waals surface area (Å²) in [4.78, 5) is 46.7. The van der Waals surface area contributed by atoms with Crippen molar-refractivity contribution in [2.24, 2.45) is 5.73 Å². The number of carbonyl (C=O) groups is 2. The Bertz CT molecular complexity index is 1440. The fourth-order valence-electron chi connectivity index (χ4n) is 4.91. The predicted molar refractivity (Wildman–Crippen MR) is 123 cm³/mol. The number of nitrogens with two attached hydrogens (primary N) is 1. The van der Waals surface area contributed by atoms with E-state index in [1.165, 1.54) is 16.6 Å². The molecule has 0 aliphatic carbocycles. The number of nitrogens with zero attached hydrogens (tertiary/aromatic N) is 3. The lowest BCUT2D eigenvalue weighted by molar-refractivity contribution is -0.138. The summed E-state index contributed by atoms with van der Waals surface area (Å²) in [5, 5.41) is 0. The predicted octanol–water partition coefficient (Wildman–Crippen LogP) is 1.60. The fourth-order valence-corrected chi connectivity index (χ4v) is 4.91. The molecule has 0 bridgehead atoms. The van der Waals surface area contributed by atoms with E-state index >= 15 is 0 Å². The highest BCUT2D eigenvalue weighted by molar-refractivity contribution is 6.18. The summed E-state index contributed by atoms with van der Waals surface area (Å²) in [5.74, 6) is -1.48. The number of likely N-dealkylation sites (N-methyl/N-ethyl adjacent to an activating group) is 1. The van der Waals surface area contributed by atoms with Gasteiger partial charge >= 0.3 is 5.97 Å². The number of fused-ring (bicyclic) bond motifs is 4. The van der Waals surface area contributed by atoms with Gasteiger partial charge in [0, 0.05) is 42.5 Å². The first-order valence-corrected chi connectivity index (χ1v) is 10.6. The van der Waals surface area contributed by atoms with Gasteiger partial charge < -0.3 is 24.7 Å². The molecule has 172 valence electrons. The quantitative estimate of drug-likeness (QED) is 0.593. The molecule has 3 aromatic rings. The number of ether oxygens (including phenoxy) is 2. The van der Waals surface area contributed by atoms with Gasteiger partial charge in [0.1, 0.15) is 16.7 Å². The third kappa shape index (κ3) is 2.73. The highest BCUT2D eigenvalue weighted by atomic mass is 16.5. The number of carbonyl (C=O) groups excluding carboxylic acids is 2.